The third kappa shape index (κ3) is 9.28. The van der Waals surface area contributed by atoms with Crippen LogP contribution in [0.1, 0.15) is 33.3 Å². The summed E-state index contributed by atoms with van der Waals surface area (Å²) in [6, 6.07) is 5.04. The van der Waals surface area contributed by atoms with Gasteiger partial charge >= 0.3 is 6.09 Å². The SMILES string of the molecule is CCSCCNC(=O)[C@H](Cc1ccc([N+](=O)[O-])cc1)NC(=O)OC(C)(C)C. The standard InChI is InChI=1S/C18H27N3O5S/c1-5-27-11-10-19-16(22)15(20-17(23)26-18(2,3)4)12-13-6-8-14(9-7-13)21(24)25/h6-9,15H,5,10-12H2,1-4H3,(H,19,22)(H,20,23)/t15-/m0/s1. The molecule has 2 N–H and O–H groups in total. The van der Waals surface area contributed by atoms with E-state index >= 15 is 0 Å². The first-order valence-corrected chi connectivity index (χ1v) is 9.86. The van der Waals surface area contributed by atoms with Gasteiger partial charge in [0.2, 0.25) is 5.91 Å². The molecule has 2 amide bonds. The van der Waals surface area contributed by atoms with Gasteiger partial charge in [0.25, 0.3) is 5.69 Å². The molecule has 0 bridgehead atoms. The third-order valence-electron chi connectivity index (χ3n) is 3.34. The molecule has 0 unspecified atom stereocenters. The molecule has 0 aliphatic heterocycles. The van der Waals surface area contributed by atoms with Crippen LogP contribution in [0.2, 0.25) is 0 Å². The van der Waals surface area contributed by atoms with Crippen molar-refractivity contribution in [2.75, 3.05) is 18.1 Å². The summed E-state index contributed by atoms with van der Waals surface area (Å²) in [4.78, 5) is 34.8. The Morgan fingerprint density at radius 2 is 1.89 bits per heavy atom. The first-order chi connectivity index (χ1) is 12.6. The molecule has 8 nitrogen and oxygen atoms in total. The summed E-state index contributed by atoms with van der Waals surface area (Å²) in [6.07, 6.45) is -0.489. The molecule has 0 heterocycles. The molecule has 1 aromatic carbocycles. The summed E-state index contributed by atoms with van der Waals surface area (Å²) in [6.45, 7) is 7.73. The van der Waals surface area contributed by atoms with E-state index < -0.39 is 22.7 Å². The number of nitro groups is 1. The average molecular weight is 397 g/mol. The van der Waals surface area contributed by atoms with Crippen molar-refractivity contribution in [3.05, 3.63) is 39.9 Å². The number of rotatable bonds is 9. The number of nitrogens with one attached hydrogen (secondary N) is 2. The van der Waals surface area contributed by atoms with Crippen LogP contribution in [0.5, 0.6) is 0 Å². The highest BCUT2D eigenvalue weighted by molar-refractivity contribution is 7.99. The van der Waals surface area contributed by atoms with E-state index in [1.165, 1.54) is 12.1 Å². The molecule has 0 aromatic heterocycles. The van der Waals surface area contributed by atoms with Crippen LogP contribution in [0.25, 0.3) is 0 Å². The molecule has 0 saturated heterocycles. The Hall–Kier alpha value is -2.29. The Labute approximate surface area is 163 Å². The van der Waals surface area contributed by atoms with Crippen molar-refractivity contribution in [1.82, 2.24) is 10.6 Å². The van der Waals surface area contributed by atoms with Crippen LogP contribution in [0.15, 0.2) is 24.3 Å². The van der Waals surface area contributed by atoms with Gasteiger partial charge in [-0.25, -0.2) is 4.79 Å². The summed E-state index contributed by atoms with van der Waals surface area (Å²) in [7, 11) is 0. The van der Waals surface area contributed by atoms with E-state index in [9.17, 15) is 19.7 Å². The van der Waals surface area contributed by atoms with Crippen LogP contribution in [0, 0.1) is 10.1 Å². The molecular weight excluding hydrogens is 370 g/mol. The number of hydrogen-bond donors (Lipinski definition) is 2. The minimum Gasteiger partial charge on any atom is -0.444 e. The second-order valence-electron chi connectivity index (χ2n) is 6.81. The van der Waals surface area contributed by atoms with Gasteiger partial charge < -0.3 is 15.4 Å². The minimum absolute atomic E-state index is 0.0311. The van der Waals surface area contributed by atoms with Crippen molar-refractivity contribution in [3.63, 3.8) is 0 Å². The number of nitro benzene ring substituents is 1. The smallest absolute Gasteiger partial charge is 0.408 e. The molecule has 1 aromatic rings. The Kier molecular flexibility index (Phi) is 9.07. The van der Waals surface area contributed by atoms with Crippen LogP contribution in [0.4, 0.5) is 10.5 Å². The Balaban J connectivity index is 2.80. The van der Waals surface area contributed by atoms with Gasteiger partial charge in [0.1, 0.15) is 11.6 Å². The van der Waals surface area contributed by atoms with Crippen LogP contribution < -0.4 is 10.6 Å². The van der Waals surface area contributed by atoms with Crippen molar-refractivity contribution < 1.29 is 19.2 Å². The molecule has 0 saturated carbocycles. The summed E-state index contributed by atoms with van der Waals surface area (Å²) in [5.41, 5.74) is -0.0212. The van der Waals surface area contributed by atoms with Gasteiger partial charge in [0.05, 0.1) is 4.92 Å². The molecule has 0 aliphatic carbocycles. The zero-order valence-electron chi connectivity index (χ0n) is 16.1. The number of nitrogens with zero attached hydrogens (tertiary/aromatic N) is 1. The van der Waals surface area contributed by atoms with Crippen LogP contribution >= 0.6 is 11.8 Å². The van der Waals surface area contributed by atoms with Crippen molar-refractivity contribution in [3.8, 4) is 0 Å². The Morgan fingerprint density at radius 1 is 1.26 bits per heavy atom. The largest absolute Gasteiger partial charge is 0.444 e. The zero-order chi connectivity index (χ0) is 20.4. The maximum absolute atomic E-state index is 12.5. The Morgan fingerprint density at radius 3 is 2.41 bits per heavy atom. The van der Waals surface area contributed by atoms with E-state index in [2.05, 4.69) is 10.6 Å². The van der Waals surface area contributed by atoms with E-state index in [4.69, 9.17) is 4.74 Å². The number of ether oxygens (including phenoxy) is 1. The number of hydrogen-bond acceptors (Lipinski definition) is 6. The lowest BCUT2D eigenvalue weighted by Crippen LogP contribution is -2.49. The number of non-ortho nitro benzene ring substituents is 1. The molecule has 27 heavy (non-hydrogen) atoms. The fourth-order valence-electron chi connectivity index (χ4n) is 2.16. The number of benzene rings is 1. The molecular formula is C18H27N3O5S. The maximum atomic E-state index is 12.5. The normalized spacial score (nSPS) is 12.1. The predicted molar refractivity (Wildman–Crippen MR) is 106 cm³/mol. The van der Waals surface area contributed by atoms with Crippen LogP contribution in [-0.4, -0.2) is 46.6 Å². The molecule has 0 aliphatic rings. The van der Waals surface area contributed by atoms with Gasteiger partial charge in [-0.15, -0.1) is 0 Å². The average Bonchev–Trinajstić information content (AvgIpc) is 2.56. The maximum Gasteiger partial charge on any atom is 0.408 e. The highest BCUT2D eigenvalue weighted by Crippen LogP contribution is 2.14. The summed E-state index contributed by atoms with van der Waals surface area (Å²) in [5.74, 6) is 1.41. The molecule has 1 atom stereocenters. The predicted octanol–water partition coefficient (Wildman–Crippen LogP) is 2.90. The van der Waals surface area contributed by atoms with E-state index in [1.807, 2.05) is 6.92 Å². The first kappa shape index (κ1) is 22.8. The zero-order valence-corrected chi connectivity index (χ0v) is 16.9. The second-order valence-corrected chi connectivity index (χ2v) is 8.21. The second kappa shape index (κ2) is 10.8. The minimum atomic E-state index is -0.840. The molecule has 9 heteroatoms. The van der Waals surface area contributed by atoms with Crippen molar-refractivity contribution in [1.29, 1.82) is 0 Å². The van der Waals surface area contributed by atoms with E-state index in [1.54, 1.807) is 44.7 Å². The van der Waals surface area contributed by atoms with Crippen LogP contribution in [-0.2, 0) is 16.0 Å². The highest BCUT2D eigenvalue weighted by atomic mass is 32.2. The number of amides is 2. The van der Waals surface area contributed by atoms with E-state index in [-0.39, 0.29) is 18.0 Å². The van der Waals surface area contributed by atoms with E-state index in [0.29, 0.717) is 12.1 Å². The lowest BCUT2D eigenvalue weighted by Gasteiger charge is -2.23. The van der Waals surface area contributed by atoms with Gasteiger partial charge in [-0.2, -0.15) is 11.8 Å². The third-order valence-corrected chi connectivity index (χ3v) is 4.25. The number of thioether (sulfide) groups is 1. The van der Waals surface area contributed by atoms with Gasteiger partial charge in [0, 0.05) is 30.9 Å². The topological polar surface area (TPSA) is 111 Å². The van der Waals surface area contributed by atoms with Crippen LogP contribution in [0.3, 0.4) is 0 Å². The number of carbonyl (C=O) groups is 2. The highest BCUT2D eigenvalue weighted by Gasteiger charge is 2.24. The fourth-order valence-corrected chi connectivity index (χ4v) is 2.70. The lowest BCUT2D eigenvalue weighted by molar-refractivity contribution is -0.384. The monoisotopic (exact) mass is 397 g/mol. The van der Waals surface area contributed by atoms with Crippen molar-refractivity contribution >= 4 is 29.4 Å². The molecule has 0 fully saturated rings. The summed E-state index contributed by atoms with van der Waals surface area (Å²) < 4.78 is 5.23. The Bertz CT molecular complexity index is 643. The first-order valence-electron chi connectivity index (χ1n) is 8.70. The van der Waals surface area contributed by atoms with Gasteiger partial charge in [0.15, 0.2) is 0 Å². The van der Waals surface area contributed by atoms with E-state index in [0.717, 1.165) is 11.5 Å². The number of carbonyl (C=O) groups excluding carboxylic acids is 2. The molecule has 150 valence electrons. The quantitative estimate of drug-likeness (QED) is 0.377. The molecule has 1 rings (SSSR count). The lowest BCUT2D eigenvalue weighted by atomic mass is 10.0. The van der Waals surface area contributed by atoms with Crippen molar-refractivity contribution in [2.24, 2.45) is 0 Å². The van der Waals surface area contributed by atoms with Gasteiger partial charge in [-0.3, -0.25) is 14.9 Å². The fraction of sp³-hybridized carbons (Fsp3) is 0.556. The molecule has 0 radical (unpaired) electrons. The van der Waals surface area contributed by atoms with Gasteiger partial charge in [-0.1, -0.05) is 19.1 Å². The summed E-state index contributed by atoms with van der Waals surface area (Å²) >= 11 is 1.70. The number of alkyl carbamates (subject to hydrolysis) is 1. The molecule has 0 spiro atoms. The summed E-state index contributed by atoms with van der Waals surface area (Å²) in [5, 5.41) is 16.1. The van der Waals surface area contributed by atoms with Crippen molar-refractivity contribution in [2.45, 2.75) is 45.8 Å². The van der Waals surface area contributed by atoms with Gasteiger partial charge in [-0.05, 0) is 32.1 Å².